The fourth-order valence-electron chi connectivity index (χ4n) is 3.50. The Morgan fingerprint density at radius 1 is 1.21 bits per heavy atom. The quantitative estimate of drug-likeness (QED) is 0.463. The van der Waals surface area contributed by atoms with Gasteiger partial charge in [0.2, 0.25) is 12.1 Å². The molecule has 3 aromatic rings. The molecule has 0 bridgehead atoms. The van der Waals surface area contributed by atoms with Crippen molar-refractivity contribution in [2.45, 2.75) is 6.54 Å². The van der Waals surface area contributed by atoms with Crippen molar-refractivity contribution in [1.82, 2.24) is 14.5 Å². The fraction of sp³-hybridized carbons (Fsp3) is 0.316. The first-order valence-corrected chi connectivity index (χ1v) is 10.2. The number of piperazine rings is 1. The minimum Gasteiger partial charge on any atom is -0.358 e. The summed E-state index contributed by atoms with van der Waals surface area (Å²) >= 11 is 7.88. The molecule has 7 nitrogen and oxygen atoms in total. The van der Waals surface area contributed by atoms with Crippen LogP contribution < -0.4 is 4.90 Å². The maximum Gasteiger partial charge on any atom is 0.406 e. The van der Waals surface area contributed by atoms with Crippen LogP contribution in [-0.4, -0.2) is 45.6 Å². The minimum atomic E-state index is -0.412. The molecule has 0 unspecified atom stereocenters. The van der Waals surface area contributed by atoms with Crippen molar-refractivity contribution < 1.29 is 4.92 Å². The van der Waals surface area contributed by atoms with Gasteiger partial charge in [-0.15, -0.1) is 11.3 Å². The maximum absolute atomic E-state index is 11.2. The summed E-state index contributed by atoms with van der Waals surface area (Å²) in [5.74, 6) is 0.518. The van der Waals surface area contributed by atoms with Gasteiger partial charge in [0.25, 0.3) is 0 Å². The van der Waals surface area contributed by atoms with Gasteiger partial charge in [0.1, 0.15) is 0 Å². The lowest BCUT2D eigenvalue weighted by molar-refractivity contribution is -0.388. The number of aryl methyl sites for hydroxylation is 1. The van der Waals surface area contributed by atoms with Crippen LogP contribution in [0, 0.1) is 10.1 Å². The van der Waals surface area contributed by atoms with Gasteiger partial charge in [0.15, 0.2) is 0 Å². The van der Waals surface area contributed by atoms with Crippen LogP contribution in [0.3, 0.4) is 0 Å². The number of aromatic nitrogens is 2. The van der Waals surface area contributed by atoms with Gasteiger partial charge in [-0.25, -0.2) is 0 Å². The molecule has 4 rings (SSSR count). The molecule has 3 heterocycles. The van der Waals surface area contributed by atoms with E-state index in [-0.39, 0.29) is 5.82 Å². The number of halogens is 1. The second-order valence-electron chi connectivity index (χ2n) is 6.80. The van der Waals surface area contributed by atoms with E-state index in [1.807, 2.05) is 23.1 Å². The summed E-state index contributed by atoms with van der Waals surface area (Å²) in [5.41, 5.74) is 1.14. The molecule has 146 valence electrons. The van der Waals surface area contributed by atoms with E-state index in [2.05, 4.69) is 28.1 Å². The molecule has 9 heteroatoms. The van der Waals surface area contributed by atoms with E-state index in [0.29, 0.717) is 5.82 Å². The number of anilines is 1. The SMILES string of the molecule is Cn1cnc([N+](=O)[O-])c1N1CCN(Cc2ccc(-c3cccc(Cl)c3)s2)CC1. The number of thiophene rings is 1. The summed E-state index contributed by atoms with van der Waals surface area (Å²) in [6, 6.07) is 12.2. The average molecular weight is 418 g/mol. The normalized spacial score (nSPS) is 15.1. The Bertz CT molecular complexity index is 994. The Hall–Kier alpha value is -2.42. The standard InChI is InChI=1S/C19H20ClN5O2S/c1-22-13-21-18(25(26)27)19(22)24-9-7-23(8-10-24)12-16-5-6-17(28-16)14-3-2-4-15(20)11-14/h2-6,11,13H,7-10,12H2,1H3. The lowest BCUT2D eigenvalue weighted by Gasteiger charge is -2.35. The van der Waals surface area contributed by atoms with Gasteiger partial charge in [-0.2, -0.15) is 0 Å². The first-order chi connectivity index (χ1) is 13.5. The summed E-state index contributed by atoms with van der Waals surface area (Å²) in [6.07, 6.45) is 1.50. The summed E-state index contributed by atoms with van der Waals surface area (Å²) < 4.78 is 1.73. The van der Waals surface area contributed by atoms with E-state index in [9.17, 15) is 10.1 Å². The summed E-state index contributed by atoms with van der Waals surface area (Å²) in [5, 5.41) is 12.0. The predicted molar refractivity (Wildman–Crippen MR) is 112 cm³/mol. The fourth-order valence-corrected chi connectivity index (χ4v) is 4.74. The summed E-state index contributed by atoms with van der Waals surface area (Å²) in [7, 11) is 1.80. The molecule has 28 heavy (non-hydrogen) atoms. The monoisotopic (exact) mass is 417 g/mol. The van der Waals surface area contributed by atoms with Gasteiger partial charge in [-0.05, 0) is 39.7 Å². The molecule has 1 saturated heterocycles. The molecular weight excluding hydrogens is 398 g/mol. The molecule has 0 amide bonds. The number of nitro groups is 1. The third-order valence-corrected chi connectivity index (χ3v) is 6.24. The number of nitrogens with zero attached hydrogens (tertiary/aromatic N) is 5. The summed E-state index contributed by atoms with van der Waals surface area (Å²) in [6.45, 7) is 4.08. The summed E-state index contributed by atoms with van der Waals surface area (Å²) in [4.78, 5) is 21.7. The van der Waals surface area contributed by atoms with Crippen molar-refractivity contribution in [3.05, 3.63) is 62.7 Å². The Morgan fingerprint density at radius 2 is 2.00 bits per heavy atom. The first kappa shape index (κ1) is 18.9. The van der Waals surface area contributed by atoms with E-state index in [1.165, 1.54) is 16.1 Å². The lowest BCUT2D eigenvalue weighted by atomic mass is 10.2. The molecule has 1 aromatic carbocycles. The van der Waals surface area contributed by atoms with Crippen molar-refractivity contribution in [3.63, 3.8) is 0 Å². The molecule has 0 spiro atoms. The Morgan fingerprint density at radius 3 is 2.71 bits per heavy atom. The molecule has 0 atom stereocenters. The van der Waals surface area contributed by atoms with Crippen molar-refractivity contribution >= 4 is 34.6 Å². The van der Waals surface area contributed by atoms with Gasteiger partial charge < -0.3 is 15.0 Å². The Labute approximate surface area is 171 Å². The molecule has 0 aliphatic carbocycles. The minimum absolute atomic E-state index is 0.0691. The molecule has 1 aliphatic heterocycles. The van der Waals surface area contributed by atoms with Crippen LogP contribution in [0.15, 0.2) is 42.7 Å². The first-order valence-electron chi connectivity index (χ1n) is 8.99. The second kappa shape index (κ2) is 7.90. The number of hydrogen-bond acceptors (Lipinski definition) is 6. The van der Waals surface area contributed by atoms with Gasteiger partial charge in [0, 0.05) is 54.5 Å². The van der Waals surface area contributed by atoms with Crippen LogP contribution in [0.5, 0.6) is 0 Å². The van der Waals surface area contributed by atoms with E-state index in [0.717, 1.165) is 43.3 Å². The number of imidazole rings is 1. The van der Waals surface area contributed by atoms with E-state index >= 15 is 0 Å². The van der Waals surface area contributed by atoms with Gasteiger partial charge in [-0.3, -0.25) is 9.47 Å². The Balaban J connectivity index is 1.39. The number of benzene rings is 1. The molecule has 0 N–H and O–H groups in total. The largest absolute Gasteiger partial charge is 0.406 e. The molecule has 1 fully saturated rings. The molecule has 1 aliphatic rings. The smallest absolute Gasteiger partial charge is 0.358 e. The van der Waals surface area contributed by atoms with Crippen LogP contribution in [-0.2, 0) is 13.6 Å². The van der Waals surface area contributed by atoms with E-state index in [4.69, 9.17) is 11.6 Å². The number of rotatable bonds is 5. The van der Waals surface area contributed by atoms with Crippen LogP contribution in [0.2, 0.25) is 5.02 Å². The van der Waals surface area contributed by atoms with Crippen molar-refractivity contribution in [2.24, 2.45) is 7.05 Å². The Kier molecular flexibility index (Phi) is 5.34. The zero-order valence-corrected chi connectivity index (χ0v) is 17.0. The molecule has 0 radical (unpaired) electrons. The highest BCUT2D eigenvalue weighted by atomic mass is 35.5. The highest BCUT2D eigenvalue weighted by Crippen LogP contribution is 2.31. The third kappa shape index (κ3) is 3.89. The zero-order valence-electron chi connectivity index (χ0n) is 15.4. The highest BCUT2D eigenvalue weighted by molar-refractivity contribution is 7.15. The van der Waals surface area contributed by atoms with Crippen molar-refractivity contribution in [1.29, 1.82) is 0 Å². The topological polar surface area (TPSA) is 67.4 Å². The lowest BCUT2D eigenvalue weighted by Crippen LogP contribution is -2.46. The van der Waals surface area contributed by atoms with Crippen LogP contribution in [0.1, 0.15) is 4.88 Å². The highest BCUT2D eigenvalue weighted by Gasteiger charge is 2.28. The van der Waals surface area contributed by atoms with Gasteiger partial charge >= 0.3 is 5.82 Å². The third-order valence-electron chi connectivity index (χ3n) is 4.88. The van der Waals surface area contributed by atoms with Crippen LogP contribution >= 0.6 is 22.9 Å². The zero-order chi connectivity index (χ0) is 19.7. The maximum atomic E-state index is 11.2. The predicted octanol–water partition coefficient (Wildman–Crippen LogP) is 4.03. The van der Waals surface area contributed by atoms with Crippen LogP contribution in [0.4, 0.5) is 11.6 Å². The van der Waals surface area contributed by atoms with Crippen molar-refractivity contribution in [3.8, 4) is 10.4 Å². The number of hydrogen-bond donors (Lipinski definition) is 0. The molecule has 2 aromatic heterocycles. The molecule has 0 saturated carbocycles. The van der Waals surface area contributed by atoms with Gasteiger partial charge in [-0.1, -0.05) is 23.7 Å². The van der Waals surface area contributed by atoms with Gasteiger partial charge in [0.05, 0.1) is 0 Å². The van der Waals surface area contributed by atoms with E-state index in [1.54, 1.807) is 23.0 Å². The second-order valence-corrected chi connectivity index (χ2v) is 8.40. The van der Waals surface area contributed by atoms with E-state index < -0.39 is 4.92 Å². The van der Waals surface area contributed by atoms with Crippen molar-refractivity contribution in [2.75, 3.05) is 31.1 Å². The van der Waals surface area contributed by atoms with Crippen LogP contribution in [0.25, 0.3) is 10.4 Å². The molecular formula is C19H20ClN5O2S. The average Bonchev–Trinajstić information content (AvgIpc) is 3.29.